The summed E-state index contributed by atoms with van der Waals surface area (Å²) in [4.78, 5) is 0. The highest BCUT2D eigenvalue weighted by Crippen LogP contribution is 2.30. The maximum atomic E-state index is 8.76. The maximum absolute atomic E-state index is 8.76. The molecule has 0 heterocycles. The first-order valence-electron chi connectivity index (χ1n) is 5.65. The van der Waals surface area contributed by atoms with Gasteiger partial charge in [-0.15, -0.1) is 12.3 Å². The van der Waals surface area contributed by atoms with Crippen LogP contribution in [0.5, 0.6) is 0 Å². The molecule has 0 bridgehead atoms. The molecule has 0 spiro atoms. The number of hydrogen-bond donors (Lipinski definition) is 0. The standard InChI is InChI=1S/C15H17NO/c1-4-5-6-11-15(2,17-3)14-9-7-13(12-16)8-10-14/h1,7-10H,5-6,11H2,2-3H3/t15-/m1/s1. The van der Waals surface area contributed by atoms with E-state index in [0.717, 1.165) is 24.8 Å². The number of ether oxygens (including phenoxy) is 1. The smallest absolute Gasteiger partial charge is 0.0991 e. The summed E-state index contributed by atoms with van der Waals surface area (Å²) < 4.78 is 5.59. The Bertz CT molecular complexity index is 435. The first kappa shape index (κ1) is 13.3. The zero-order valence-electron chi connectivity index (χ0n) is 10.4. The van der Waals surface area contributed by atoms with Gasteiger partial charge in [0.25, 0.3) is 0 Å². The Balaban J connectivity index is 2.84. The average molecular weight is 227 g/mol. The molecule has 0 aliphatic carbocycles. The lowest BCUT2D eigenvalue weighted by Gasteiger charge is -2.28. The molecule has 0 amide bonds. The highest BCUT2D eigenvalue weighted by molar-refractivity contribution is 5.33. The summed E-state index contributed by atoms with van der Waals surface area (Å²) >= 11 is 0. The zero-order valence-corrected chi connectivity index (χ0v) is 10.4. The normalized spacial score (nSPS) is 13.4. The van der Waals surface area contributed by atoms with Crippen LogP contribution in [0.2, 0.25) is 0 Å². The monoisotopic (exact) mass is 227 g/mol. The molecule has 0 aliphatic heterocycles. The summed E-state index contributed by atoms with van der Waals surface area (Å²) in [5, 5.41) is 8.76. The molecule has 1 aromatic carbocycles. The Hall–Kier alpha value is -1.77. The van der Waals surface area contributed by atoms with Crippen molar-refractivity contribution in [1.29, 1.82) is 5.26 Å². The molecule has 2 nitrogen and oxygen atoms in total. The van der Waals surface area contributed by atoms with Crippen LogP contribution in [-0.2, 0) is 10.3 Å². The van der Waals surface area contributed by atoms with E-state index < -0.39 is 0 Å². The number of methoxy groups -OCH3 is 1. The van der Waals surface area contributed by atoms with Gasteiger partial charge in [-0.25, -0.2) is 0 Å². The number of terminal acetylenes is 1. The molecule has 0 aliphatic rings. The summed E-state index contributed by atoms with van der Waals surface area (Å²) in [6.45, 7) is 2.05. The van der Waals surface area contributed by atoms with Crippen molar-refractivity contribution in [2.45, 2.75) is 31.8 Å². The number of hydrogen-bond acceptors (Lipinski definition) is 2. The predicted molar refractivity (Wildman–Crippen MR) is 68.2 cm³/mol. The van der Waals surface area contributed by atoms with E-state index in [1.165, 1.54) is 0 Å². The average Bonchev–Trinajstić information content (AvgIpc) is 2.39. The van der Waals surface area contributed by atoms with Crippen LogP contribution < -0.4 is 0 Å². The molecule has 1 atom stereocenters. The van der Waals surface area contributed by atoms with Gasteiger partial charge < -0.3 is 4.74 Å². The highest BCUT2D eigenvalue weighted by Gasteiger charge is 2.25. The molecule has 0 saturated heterocycles. The number of rotatable bonds is 5. The Labute approximate surface area is 103 Å². The van der Waals surface area contributed by atoms with Gasteiger partial charge in [-0.2, -0.15) is 5.26 Å². The molecule has 1 aromatic rings. The molecule has 17 heavy (non-hydrogen) atoms. The van der Waals surface area contributed by atoms with E-state index >= 15 is 0 Å². The van der Waals surface area contributed by atoms with Gasteiger partial charge >= 0.3 is 0 Å². The van der Waals surface area contributed by atoms with Crippen LogP contribution in [0.15, 0.2) is 24.3 Å². The molecule has 2 heteroatoms. The van der Waals surface area contributed by atoms with Gasteiger partial charge in [0.1, 0.15) is 0 Å². The van der Waals surface area contributed by atoms with Crippen LogP contribution in [0, 0.1) is 23.7 Å². The van der Waals surface area contributed by atoms with Gasteiger partial charge in [-0.05, 0) is 37.5 Å². The van der Waals surface area contributed by atoms with E-state index in [1.807, 2.05) is 31.2 Å². The van der Waals surface area contributed by atoms with Crippen LogP contribution in [0.4, 0.5) is 0 Å². The van der Waals surface area contributed by atoms with E-state index in [-0.39, 0.29) is 5.60 Å². The van der Waals surface area contributed by atoms with E-state index in [9.17, 15) is 0 Å². The van der Waals surface area contributed by atoms with E-state index in [4.69, 9.17) is 16.4 Å². The molecule has 0 radical (unpaired) electrons. The minimum absolute atomic E-state index is 0.329. The van der Waals surface area contributed by atoms with Gasteiger partial charge in [0, 0.05) is 13.5 Å². The number of nitriles is 1. The summed E-state index contributed by atoms with van der Waals surface area (Å²) in [5.74, 6) is 2.64. The lowest BCUT2D eigenvalue weighted by molar-refractivity contribution is -0.00680. The van der Waals surface area contributed by atoms with Crippen LogP contribution in [0.25, 0.3) is 0 Å². The molecule has 0 aromatic heterocycles. The lowest BCUT2D eigenvalue weighted by Crippen LogP contribution is -2.24. The third kappa shape index (κ3) is 3.34. The Morgan fingerprint density at radius 3 is 2.47 bits per heavy atom. The maximum Gasteiger partial charge on any atom is 0.0991 e. The van der Waals surface area contributed by atoms with Crippen LogP contribution >= 0.6 is 0 Å². The van der Waals surface area contributed by atoms with E-state index in [1.54, 1.807) is 7.11 Å². The summed E-state index contributed by atoms with van der Waals surface area (Å²) in [7, 11) is 1.70. The molecule has 0 saturated carbocycles. The van der Waals surface area contributed by atoms with Crippen LogP contribution in [-0.4, -0.2) is 7.11 Å². The molecule has 0 unspecified atom stereocenters. The summed E-state index contributed by atoms with van der Waals surface area (Å²) in [6.07, 6.45) is 7.81. The van der Waals surface area contributed by atoms with Gasteiger partial charge in [0.15, 0.2) is 0 Å². The van der Waals surface area contributed by atoms with Crippen molar-refractivity contribution in [3.05, 3.63) is 35.4 Å². The van der Waals surface area contributed by atoms with Crippen molar-refractivity contribution in [2.75, 3.05) is 7.11 Å². The summed E-state index contributed by atoms with van der Waals surface area (Å²) in [6, 6.07) is 9.62. The molecule has 1 rings (SSSR count). The number of nitrogens with zero attached hydrogens (tertiary/aromatic N) is 1. The van der Waals surface area contributed by atoms with Crippen LogP contribution in [0.1, 0.15) is 37.3 Å². The fourth-order valence-electron chi connectivity index (χ4n) is 1.79. The SMILES string of the molecule is C#CCCC[C@@](C)(OC)c1ccc(C#N)cc1. The second kappa shape index (κ2) is 6.09. The van der Waals surface area contributed by atoms with Crippen molar-refractivity contribution >= 4 is 0 Å². The van der Waals surface area contributed by atoms with Crippen molar-refractivity contribution in [2.24, 2.45) is 0 Å². The Kier molecular flexibility index (Phi) is 4.76. The van der Waals surface area contributed by atoms with Crippen molar-refractivity contribution in [3.8, 4) is 18.4 Å². The fourth-order valence-corrected chi connectivity index (χ4v) is 1.79. The quantitative estimate of drug-likeness (QED) is 0.571. The fraction of sp³-hybridized carbons (Fsp3) is 0.400. The molecular formula is C15H17NO. The second-order valence-electron chi connectivity index (χ2n) is 4.18. The van der Waals surface area contributed by atoms with E-state index in [0.29, 0.717) is 5.56 Å². The van der Waals surface area contributed by atoms with Crippen molar-refractivity contribution in [3.63, 3.8) is 0 Å². The summed E-state index contributed by atoms with van der Waals surface area (Å²) in [5.41, 5.74) is 1.41. The topological polar surface area (TPSA) is 33.0 Å². The van der Waals surface area contributed by atoms with Crippen LogP contribution in [0.3, 0.4) is 0 Å². The zero-order chi connectivity index (χ0) is 12.7. The van der Waals surface area contributed by atoms with Gasteiger partial charge in [-0.1, -0.05) is 12.1 Å². The van der Waals surface area contributed by atoms with Gasteiger partial charge in [-0.3, -0.25) is 0 Å². The van der Waals surface area contributed by atoms with Gasteiger partial charge in [0.2, 0.25) is 0 Å². The van der Waals surface area contributed by atoms with Crippen molar-refractivity contribution in [1.82, 2.24) is 0 Å². The minimum atomic E-state index is -0.329. The molecule has 0 N–H and O–H groups in total. The molecule has 0 fully saturated rings. The Morgan fingerprint density at radius 2 is 2.00 bits per heavy atom. The van der Waals surface area contributed by atoms with E-state index in [2.05, 4.69) is 12.0 Å². The number of unbranched alkanes of at least 4 members (excludes halogenated alkanes) is 1. The molecular weight excluding hydrogens is 210 g/mol. The third-order valence-corrected chi connectivity index (χ3v) is 3.05. The van der Waals surface area contributed by atoms with Crippen molar-refractivity contribution < 1.29 is 4.74 Å². The van der Waals surface area contributed by atoms with Gasteiger partial charge in [0.05, 0.1) is 17.2 Å². The molecule has 88 valence electrons. The number of benzene rings is 1. The minimum Gasteiger partial charge on any atom is -0.374 e. The first-order valence-corrected chi connectivity index (χ1v) is 5.65. The predicted octanol–water partition coefficient (Wildman–Crippen LogP) is 3.22. The second-order valence-corrected chi connectivity index (χ2v) is 4.18. The first-order chi connectivity index (χ1) is 8.16. The lowest BCUT2D eigenvalue weighted by atomic mass is 9.89. The largest absolute Gasteiger partial charge is 0.374 e. The Morgan fingerprint density at radius 1 is 1.35 bits per heavy atom. The third-order valence-electron chi connectivity index (χ3n) is 3.05. The highest BCUT2D eigenvalue weighted by atomic mass is 16.5.